The number of amides is 1. The van der Waals surface area contributed by atoms with Gasteiger partial charge in [0.25, 0.3) is 5.91 Å². The van der Waals surface area contributed by atoms with Crippen molar-refractivity contribution in [1.82, 2.24) is 0 Å². The summed E-state index contributed by atoms with van der Waals surface area (Å²) in [5, 5.41) is 0. The molecular formula is C16H21NO4. The molecule has 0 aliphatic carbocycles. The Kier molecular flexibility index (Phi) is 6.62. The lowest BCUT2D eigenvalue weighted by Gasteiger charge is -2.17. The van der Waals surface area contributed by atoms with Crippen LogP contribution >= 0.6 is 0 Å². The third kappa shape index (κ3) is 6.23. The number of ether oxygens (including phenoxy) is 2. The van der Waals surface area contributed by atoms with Crippen molar-refractivity contribution in [2.75, 3.05) is 6.61 Å². The minimum atomic E-state index is -0.672. The number of hydrogen-bond acceptors (Lipinski definition) is 4. The monoisotopic (exact) mass is 291 g/mol. The molecule has 114 valence electrons. The SMILES string of the molecule is CC(C)COC(C)OC(=Cc1ccc(C=O)cc1)C(N)=O. The maximum atomic E-state index is 11.4. The van der Waals surface area contributed by atoms with Gasteiger partial charge in [0.2, 0.25) is 0 Å². The highest BCUT2D eigenvalue weighted by Gasteiger charge is 2.12. The minimum Gasteiger partial charge on any atom is -0.459 e. The van der Waals surface area contributed by atoms with Crippen LogP contribution in [0.25, 0.3) is 6.08 Å². The van der Waals surface area contributed by atoms with Gasteiger partial charge in [0.05, 0.1) is 6.61 Å². The van der Waals surface area contributed by atoms with E-state index in [-0.39, 0.29) is 5.76 Å². The maximum absolute atomic E-state index is 11.4. The van der Waals surface area contributed by atoms with E-state index in [0.29, 0.717) is 23.7 Å². The maximum Gasteiger partial charge on any atom is 0.283 e. The standard InChI is InChI=1S/C16H21NO4/c1-11(2)10-20-12(3)21-15(16(17)19)8-13-4-6-14(9-18)7-5-13/h4-9,11-12H,10H2,1-3H3,(H2,17,19). The molecule has 0 aliphatic heterocycles. The molecule has 0 spiro atoms. The summed E-state index contributed by atoms with van der Waals surface area (Å²) < 4.78 is 10.9. The highest BCUT2D eigenvalue weighted by molar-refractivity contribution is 5.94. The van der Waals surface area contributed by atoms with E-state index in [1.165, 1.54) is 6.08 Å². The molecule has 1 aromatic carbocycles. The van der Waals surface area contributed by atoms with Gasteiger partial charge in [-0.3, -0.25) is 9.59 Å². The van der Waals surface area contributed by atoms with E-state index in [4.69, 9.17) is 15.2 Å². The lowest BCUT2D eigenvalue weighted by atomic mass is 10.1. The van der Waals surface area contributed by atoms with Gasteiger partial charge < -0.3 is 15.2 Å². The summed E-state index contributed by atoms with van der Waals surface area (Å²) in [5.74, 6) is -0.285. The Morgan fingerprint density at radius 2 is 1.76 bits per heavy atom. The van der Waals surface area contributed by atoms with Crippen molar-refractivity contribution in [1.29, 1.82) is 0 Å². The van der Waals surface area contributed by atoms with Crippen molar-refractivity contribution in [3.8, 4) is 0 Å². The molecule has 0 bridgehead atoms. The van der Waals surface area contributed by atoms with E-state index in [2.05, 4.69) is 0 Å². The largest absolute Gasteiger partial charge is 0.459 e. The molecule has 0 saturated carbocycles. The lowest BCUT2D eigenvalue weighted by molar-refractivity contribution is -0.133. The van der Waals surface area contributed by atoms with Gasteiger partial charge >= 0.3 is 0 Å². The quantitative estimate of drug-likeness (QED) is 0.345. The Hall–Kier alpha value is -2.14. The first-order chi connectivity index (χ1) is 9.92. The molecule has 0 radical (unpaired) electrons. The summed E-state index contributed by atoms with van der Waals surface area (Å²) in [7, 11) is 0. The number of benzene rings is 1. The van der Waals surface area contributed by atoms with E-state index in [0.717, 1.165) is 6.29 Å². The zero-order valence-corrected chi connectivity index (χ0v) is 12.5. The highest BCUT2D eigenvalue weighted by Crippen LogP contribution is 2.12. The number of hydrogen-bond donors (Lipinski definition) is 1. The average Bonchev–Trinajstić information content (AvgIpc) is 2.45. The van der Waals surface area contributed by atoms with Crippen LogP contribution in [-0.4, -0.2) is 25.1 Å². The summed E-state index contributed by atoms with van der Waals surface area (Å²) >= 11 is 0. The zero-order valence-electron chi connectivity index (χ0n) is 12.5. The topological polar surface area (TPSA) is 78.6 Å². The van der Waals surface area contributed by atoms with E-state index in [1.807, 2.05) is 13.8 Å². The van der Waals surface area contributed by atoms with Crippen molar-refractivity contribution in [3.63, 3.8) is 0 Å². The highest BCUT2D eigenvalue weighted by atomic mass is 16.7. The van der Waals surface area contributed by atoms with Crippen LogP contribution in [0.3, 0.4) is 0 Å². The van der Waals surface area contributed by atoms with Crippen LogP contribution in [0.4, 0.5) is 0 Å². The zero-order chi connectivity index (χ0) is 15.8. The first-order valence-electron chi connectivity index (χ1n) is 6.77. The Morgan fingerprint density at radius 3 is 2.24 bits per heavy atom. The molecule has 0 fully saturated rings. The summed E-state index contributed by atoms with van der Waals surface area (Å²) in [6.45, 7) is 6.27. The molecule has 1 aromatic rings. The first kappa shape index (κ1) is 16.9. The fourth-order valence-electron chi connectivity index (χ4n) is 1.53. The van der Waals surface area contributed by atoms with Crippen LogP contribution in [0.15, 0.2) is 30.0 Å². The van der Waals surface area contributed by atoms with Gasteiger partial charge in [0.15, 0.2) is 12.0 Å². The van der Waals surface area contributed by atoms with Gasteiger partial charge in [-0.2, -0.15) is 0 Å². The Labute approximate surface area is 124 Å². The summed E-state index contributed by atoms with van der Waals surface area (Å²) in [6.07, 6.45) is 1.70. The van der Waals surface area contributed by atoms with Gasteiger partial charge in [-0.05, 0) is 24.5 Å². The van der Waals surface area contributed by atoms with Crippen molar-refractivity contribution >= 4 is 18.3 Å². The molecule has 2 N–H and O–H groups in total. The third-order valence-corrected chi connectivity index (χ3v) is 2.57. The molecule has 0 heterocycles. The molecule has 1 rings (SSSR count). The summed E-state index contributed by atoms with van der Waals surface area (Å²) in [6, 6.07) is 6.71. The van der Waals surface area contributed by atoms with Crippen LogP contribution in [-0.2, 0) is 14.3 Å². The molecule has 0 aromatic heterocycles. The van der Waals surface area contributed by atoms with Crippen molar-refractivity contribution in [2.24, 2.45) is 11.7 Å². The number of aldehydes is 1. The van der Waals surface area contributed by atoms with Gasteiger partial charge in [-0.1, -0.05) is 38.1 Å². The van der Waals surface area contributed by atoms with Crippen LogP contribution in [0.5, 0.6) is 0 Å². The molecule has 5 nitrogen and oxygen atoms in total. The molecular weight excluding hydrogens is 270 g/mol. The molecule has 1 unspecified atom stereocenters. The second-order valence-corrected chi connectivity index (χ2v) is 5.07. The molecule has 1 atom stereocenters. The fraction of sp³-hybridized carbons (Fsp3) is 0.375. The van der Waals surface area contributed by atoms with Crippen LogP contribution in [0.1, 0.15) is 36.7 Å². The first-order valence-corrected chi connectivity index (χ1v) is 6.77. The minimum absolute atomic E-state index is 0.0186. The molecule has 5 heteroatoms. The van der Waals surface area contributed by atoms with E-state index in [9.17, 15) is 9.59 Å². The van der Waals surface area contributed by atoms with Gasteiger partial charge in [0, 0.05) is 5.56 Å². The predicted molar refractivity (Wildman–Crippen MR) is 80.3 cm³/mol. The second kappa shape index (κ2) is 8.21. The van der Waals surface area contributed by atoms with Gasteiger partial charge in [0.1, 0.15) is 6.29 Å². The van der Waals surface area contributed by atoms with Crippen LogP contribution in [0, 0.1) is 5.92 Å². The number of carbonyl (C=O) groups excluding carboxylic acids is 2. The van der Waals surface area contributed by atoms with E-state index in [1.54, 1.807) is 31.2 Å². The number of rotatable bonds is 8. The third-order valence-electron chi connectivity index (χ3n) is 2.57. The Balaban J connectivity index is 2.77. The fourth-order valence-corrected chi connectivity index (χ4v) is 1.53. The molecule has 21 heavy (non-hydrogen) atoms. The average molecular weight is 291 g/mol. The van der Waals surface area contributed by atoms with Crippen molar-refractivity contribution < 1.29 is 19.1 Å². The lowest BCUT2D eigenvalue weighted by Crippen LogP contribution is -2.23. The van der Waals surface area contributed by atoms with Crippen LogP contribution in [0.2, 0.25) is 0 Å². The van der Waals surface area contributed by atoms with Crippen molar-refractivity contribution in [2.45, 2.75) is 27.1 Å². The van der Waals surface area contributed by atoms with Gasteiger partial charge in [-0.25, -0.2) is 0 Å². The molecule has 0 saturated heterocycles. The second-order valence-electron chi connectivity index (χ2n) is 5.07. The van der Waals surface area contributed by atoms with Crippen molar-refractivity contribution in [3.05, 3.63) is 41.2 Å². The Morgan fingerprint density at radius 1 is 1.19 bits per heavy atom. The van der Waals surface area contributed by atoms with E-state index < -0.39 is 12.2 Å². The number of nitrogens with two attached hydrogens (primary N) is 1. The van der Waals surface area contributed by atoms with Crippen LogP contribution < -0.4 is 5.73 Å². The predicted octanol–water partition coefficient (Wildman–Crippen LogP) is 2.36. The number of primary amides is 1. The molecule has 1 amide bonds. The van der Waals surface area contributed by atoms with Gasteiger partial charge in [-0.15, -0.1) is 0 Å². The smallest absolute Gasteiger partial charge is 0.283 e. The van der Waals surface area contributed by atoms with E-state index >= 15 is 0 Å². The normalized spacial score (nSPS) is 13.0. The summed E-state index contributed by atoms with van der Waals surface area (Å²) in [5.41, 5.74) is 6.57. The summed E-state index contributed by atoms with van der Waals surface area (Å²) in [4.78, 5) is 22.0. The Bertz CT molecular complexity index is 506. The number of carbonyl (C=O) groups is 2. The molecule has 0 aliphatic rings.